The zero-order valence-electron chi connectivity index (χ0n) is 7.93. The molecule has 14 heavy (non-hydrogen) atoms. The van der Waals surface area contributed by atoms with Crippen LogP contribution < -0.4 is 0 Å². The number of imide groups is 1. The number of rotatable bonds is 1. The maximum Gasteiger partial charge on any atom is 0.257 e. The summed E-state index contributed by atoms with van der Waals surface area (Å²) in [5.41, 5.74) is 0.792. The van der Waals surface area contributed by atoms with E-state index in [0.29, 0.717) is 5.92 Å². The minimum absolute atomic E-state index is 0.233. The highest BCUT2D eigenvalue weighted by Gasteiger charge is 2.27. The molecule has 2 amide bonds. The van der Waals surface area contributed by atoms with E-state index in [-0.39, 0.29) is 11.8 Å². The van der Waals surface area contributed by atoms with Crippen molar-refractivity contribution in [2.45, 2.75) is 13.3 Å². The summed E-state index contributed by atoms with van der Waals surface area (Å²) in [6.07, 6.45) is 9.14. The number of allylic oxidation sites excluding steroid dienone is 4. The van der Waals surface area contributed by atoms with Crippen LogP contribution in [-0.2, 0) is 9.59 Å². The van der Waals surface area contributed by atoms with Gasteiger partial charge in [0.25, 0.3) is 11.8 Å². The van der Waals surface area contributed by atoms with E-state index in [2.05, 4.69) is 13.0 Å². The third-order valence-corrected chi connectivity index (χ3v) is 2.36. The Kier molecular flexibility index (Phi) is 2.08. The Morgan fingerprint density at radius 1 is 1.29 bits per heavy atom. The van der Waals surface area contributed by atoms with E-state index in [1.807, 2.05) is 12.2 Å². The summed E-state index contributed by atoms with van der Waals surface area (Å²) in [6.45, 7) is 2.06. The molecule has 0 bridgehead atoms. The van der Waals surface area contributed by atoms with E-state index in [0.717, 1.165) is 12.1 Å². The monoisotopic (exact) mass is 189 g/mol. The fourth-order valence-corrected chi connectivity index (χ4v) is 1.67. The topological polar surface area (TPSA) is 37.4 Å². The molecule has 0 N–H and O–H groups in total. The second-order valence-electron chi connectivity index (χ2n) is 3.57. The van der Waals surface area contributed by atoms with Crippen LogP contribution in [0.25, 0.3) is 0 Å². The molecule has 1 aliphatic carbocycles. The smallest absolute Gasteiger partial charge is 0.257 e. The maximum atomic E-state index is 11.3. The summed E-state index contributed by atoms with van der Waals surface area (Å²) < 4.78 is 0. The molecule has 0 saturated carbocycles. The van der Waals surface area contributed by atoms with Gasteiger partial charge in [-0.2, -0.15) is 0 Å². The summed E-state index contributed by atoms with van der Waals surface area (Å²) >= 11 is 0. The van der Waals surface area contributed by atoms with Gasteiger partial charge in [0, 0.05) is 17.8 Å². The minimum Gasteiger partial charge on any atom is -0.269 e. The fourth-order valence-electron chi connectivity index (χ4n) is 1.67. The lowest BCUT2D eigenvalue weighted by Crippen LogP contribution is -2.30. The quantitative estimate of drug-likeness (QED) is 0.584. The highest BCUT2D eigenvalue weighted by atomic mass is 16.2. The van der Waals surface area contributed by atoms with Crippen molar-refractivity contribution in [2.24, 2.45) is 5.92 Å². The van der Waals surface area contributed by atoms with Gasteiger partial charge in [-0.3, -0.25) is 9.59 Å². The SMILES string of the molecule is CC1C=CC=C(N2C(=O)C=CC2=O)C1. The number of hydrogen-bond acceptors (Lipinski definition) is 2. The van der Waals surface area contributed by atoms with E-state index >= 15 is 0 Å². The molecule has 3 nitrogen and oxygen atoms in total. The Labute approximate surface area is 82.4 Å². The van der Waals surface area contributed by atoms with E-state index in [1.54, 1.807) is 0 Å². The molecule has 0 aromatic carbocycles. The Morgan fingerprint density at radius 2 is 1.93 bits per heavy atom. The molecule has 0 fully saturated rings. The van der Waals surface area contributed by atoms with Crippen LogP contribution in [0, 0.1) is 5.92 Å². The van der Waals surface area contributed by atoms with Crippen molar-refractivity contribution in [3.8, 4) is 0 Å². The Balaban J connectivity index is 2.24. The van der Waals surface area contributed by atoms with E-state index in [9.17, 15) is 9.59 Å². The van der Waals surface area contributed by atoms with Crippen LogP contribution in [0.15, 0.2) is 36.1 Å². The van der Waals surface area contributed by atoms with E-state index < -0.39 is 0 Å². The lowest BCUT2D eigenvalue weighted by molar-refractivity contribution is -0.134. The summed E-state index contributed by atoms with van der Waals surface area (Å²) in [5, 5.41) is 0. The predicted molar refractivity (Wildman–Crippen MR) is 52.0 cm³/mol. The Hall–Kier alpha value is -1.64. The molecule has 2 aliphatic rings. The van der Waals surface area contributed by atoms with Crippen molar-refractivity contribution >= 4 is 11.8 Å². The van der Waals surface area contributed by atoms with Gasteiger partial charge >= 0.3 is 0 Å². The largest absolute Gasteiger partial charge is 0.269 e. The van der Waals surface area contributed by atoms with Crippen LogP contribution in [0.4, 0.5) is 0 Å². The third kappa shape index (κ3) is 1.41. The molecular weight excluding hydrogens is 178 g/mol. The molecular formula is C11H11NO2. The van der Waals surface area contributed by atoms with Crippen molar-refractivity contribution in [2.75, 3.05) is 0 Å². The number of carbonyl (C=O) groups is 2. The van der Waals surface area contributed by atoms with Crippen molar-refractivity contribution in [1.29, 1.82) is 0 Å². The fraction of sp³-hybridized carbons (Fsp3) is 0.273. The van der Waals surface area contributed by atoms with Gasteiger partial charge in [-0.05, 0) is 18.4 Å². The second-order valence-corrected chi connectivity index (χ2v) is 3.57. The molecule has 1 atom stereocenters. The van der Waals surface area contributed by atoms with Gasteiger partial charge in [0.2, 0.25) is 0 Å². The molecule has 0 aromatic rings. The highest BCUT2D eigenvalue weighted by molar-refractivity contribution is 6.14. The average molecular weight is 189 g/mol. The van der Waals surface area contributed by atoms with Crippen molar-refractivity contribution < 1.29 is 9.59 Å². The van der Waals surface area contributed by atoms with E-state index in [4.69, 9.17) is 0 Å². The summed E-state index contributed by atoms with van der Waals surface area (Å²) in [5.74, 6) is -0.0799. The molecule has 0 radical (unpaired) electrons. The molecule has 0 saturated heterocycles. The van der Waals surface area contributed by atoms with Crippen LogP contribution in [0.2, 0.25) is 0 Å². The number of nitrogens with zero attached hydrogens (tertiary/aromatic N) is 1. The first kappa shape index (κ1) is 8.94. The zero-order valence-corrected chi connectivity index (χ0v) is 7.93. The standard InChI is InChI=1S/C11H11NO2/c1-8-3-2-4-9(7-8)12-10(13)5-6-11(12)14/h2-6,8H,7H2,1H3. The van der Waals surface area contributed by atoms with Gasteiger partial charge in [0.1, 0.15) is 0 Å². The van der Waals surface area contributed by atoms with Crippen LogP contribution in [-0.4, -0.2) is 16.7 Å². The summed E-state index contributed by atoms with van der Waals surface area (Å²) in [4.78, 5) is 23.9. The van der Waals surface area contributed by atoms with Gasteiger partial charge < -0.3 is 0 Å². The van der Waals surface area contributed by atoms with Crippen molar-refractivity contribution in [3.05, 3.63) is 36.1 Å². The molecule has 3 heteroatoms. The van der Waals surface area contributed by atoms with Crippen LogP contribution in [0.5, 0.6) is 0 Å². The van der Waals surface area contributed by atoms with E-state index in [1.165, 1.54) is 17.1 Å². The highest BCUT2D eigenvalue weighted by Crippen LogP contribution is 2.23. The number of amides is 2. The maximum absolute atomic E-state index is 11.3. The average Bonchev–Trinajstić information content (AvgIpc) is 2.46. The molecule has 1 heterocycles. The van der Waals surface area contributed by atoms with Crippen LogP contribution in [0.1, 0.15) is 13.3 Å². The van der Waals surface area contributed by atoms with Crippen LogP contribution >= 0.6 is 0 Å². The number of carbonyl (C=O) groups excluding carboxylic acids is 2. The second kappa shape index (κ2) is 3.25. The third-order valence-electron chi connectivity index (χ3n) is 2.36. The normalized spacial score (nSPS) is 25.9. The summed E-state index contributed by atoms with van der Waals surface area (Å²) in [7, 11) is 0. The minimum atomic E-state index is -0.233. The molecule has 0 aromatic heterocycles. The zero-order chi connectivity index (χ0) is 10.1. The van der Waals surface area contributed by atoms with Gasteiger partial charge in [-0.25, -0.2) is 4.90 Å². The molecule has 72 valence electrons. The van der Waals surface area contributed by atoms with Crippen molar-refractivity contribution in [3.63, 3.8) is 0 Å². The van der Waals surface area contributed by atoms with Crippen molar-refractivity contribution in [1.82, 2.24) is 4.90 Å². The first-order valence-corrected chi connectivity index (χ1v) is 4.62. The summed E-state index contributed by atoms with van der Waals surface area (Å²) in [6, 6.07) is 0. The van der Waals surface area contributed by atoms with Gasteiger partial charge in [-0.1, -0.05) is 19.1 Å². The van der Waals surface area contributed by atoms with Gasteiger partial charge in [-0.15, -0.1) is 0 Å². The molecule has 1 unspecified atom stereocenters. The molecule has 1 aliphatic heterocycles. The predicted octanol–water partition coefficient (Wildman–Crippen LogP) is 1.39. The Morgan fingerprint density at radius 3 is 2.50 bits per heavy atom. The molecule has 0 spiro atoms. The first-order valence-electron chi connectivity index (χ1n) is 4.62. The van der Waals surface area contributed by atoms with Gasteiger partial charge in [0.05, 0.1) is 0 Å². The van der Waals surface area contributed by atoms with Crippen LogP contribution in [0.3, 0.4) is 0 Å². The number of hydrogen-bond donors (Lipinski definition) is 0. The first-order chi connectivity index (χ1) is 6.68. The van der Waals surface area contributed by atoms with Gasteiger partial charge in [0.15, 0.2) is 0 Å². The Bertz CT molecular complexity index is 359. The lowest BCUT2D eigenvalue weighted by Gasteiger charge is -2.21. The lowest BCUT2D eigenvalue weighted by atomic mass is 10.00. The molecule has 2 rings (SSSR count).